The Morgan fingerprint density at radius 2 is 1.90 bits per heavy atom. The molecule has 0 saturated carbocycles. The van der Waals surface area contributed by atoms with Gasteiger partial charge in [-0.05, 0) is 37.8 Å². The van der Waals surface area contributed by atoms with Crippen molar-refractivity contribution in [2.45, 2.75) is 32.1 Å². The number of para-hydroxylation sites is 2. The quantitative estimate of drug-likeness (QED) is 0.856. The van der Waals surface area contributed by atoms with Gasteiger partial charge in [-0.15, -0.1) is 0 Å². The van der Waals surface area contributed by atoms with Gasteiger partial charge in [0.15, 0.2) is 0 Å². The van der Waals surface area contributed by atoms with Gasteiger partial charge in [0.25, 0.3) is 0 Å². The highest BCUT2D eigenvalue weighted by Gasteiger charge is 2.14. The Balaban J connectivity index is 1.80. The summed E-state index contributed by atoms with van der Waals surface area (Å²) in [6.45, 7) is 3.35. The number of nitrogens with one attached hydrogen (secondary N) is 2. The third-order valence-corrected chi connectivity index (χ3v) is 3.90. The number of carbonyl (C=O) groups excluding carboxylic acids is 1. The Bertz CT molecular complexity index is 426. The summed E-state index contributed by atoms with van der Waals surface area (Å²) < 4.78 is 5.24. The Morgan fingerprint density at radius 3 is 2.60 bits per heavy atom. The highest BCUT2D eigenvalue weighted by atomic mass is 16.5. The fourth-order valence-corrected chi connectivity index (χ4v) is 2.73. The lowest BCUT2D eigenvalue weighted by molar-refractivity contribution is -0.898. The van der Waals surface area contributed by atoms with Crippen molar-refractivity contribution in [1.82, 2.24) is 0 Å². The monoisotopic (exact) mass is 277 g/mol. The van der Waals surface area contributed by atoms with Crippen LogP contribution in [0.2, 0.25) is 0 Å². The second kappa shape index (κ2) is 7.90. The van der Waals surface area contributed by atoms with E-state index in [0.29, 0.717) is 12.2 Å². The van der Waals surface area contributed by atoms with Gasteiger partial charge in [-0.1, -0.05) is 12.1 Å². The summed E-state index contributed by atoms with van der Waals surface area (Å²) in [5.41, 5.74) is 0.755. The summed E-state index contributed by atoms with van der Waals surface area (Å²) in [5, 5.41) is 2.94. The minimum Gasteiger partial charge on any atom is -0.495 e. The van der Waals surface area contributed by atoms with Gasteiger partial charge >= 0.3 is 0 Å². The van der Waals surface area contributed by atoms with E-state index in [1.807, 2.05) is 24.3 Å². The normalized spacial score (nSPS) is 16.4. The lowest BCUT2D eigenvalue weighted by Crippen LogP contribution is -3.12. The average molecular weight is 277 g/mol. The summed E-state index contributed by atoms with van der Waals surface area (Å²) in [6, 6.07) is 7.53. The van der Waals surface area contributed by atoms with E-state index in [1.165, 1.54) is 38.8 Å². The van der Waals surface area contributed by atoms with Gasteiger partial charge in [0, 0.05) is 0 Å². The number of hydrogen-bond acceptors (Lipinski definition) is 2. The van der Waals surface area contributed by atoms with Crippen molar-refractivity contribution in [1.29, 1.82) is 0 Å². The molecule has 0 atom stereocenters. The van der Waals surface area contributed by atoms with Crippen LogP contribution in [0.15, 0.2) is 24.3 Å². The Hall–Kier alpha value is -1.55. The number of anilines is 1. The lowest BCUT2D eigenvalue weighted by atomic mass is 10.2. The minimum absolute atomic E-state index is 0.0752. The maximum Gasteiger partial charge on any atom is 0.230 e. The van der Waals surface area contributed by atoms with Gasteiger partial charge in [0.05, 0.1) is 38.9 Å². The van der Waals surface area contributed by atoms with Crippen molar-refractivity contribution in [3.05, 3.63) is 24.3 Å². The fraction of sp³-hybridized carbons (Fsp3) is 0.562. The van der Waals surface area contributed by atoms with Crippen LogP contribution in [0.4, 0.5) is 5.69 Å². The van der Waals surface area contributed by atoms with Crippen LogP contribution in [0, 0.1) is 0 Å². The molecule has 1 aromatic rings. The zero-order chi connectivity index (χ0) is 14.2. The first-order chi connectivity index (χ1) is 9.79. The first kappa shape index (κ1) is 14.9. The third kappa shape index (κ3) is 4.53. The van der Waals surface area contributed by atoms with Gasteiger partial charge in [0.2, 0.25) is 5.91 Å². The van der Waals surface area contributed by atoms with E-state index in [-0.39, 0.29) is 5.91 Å². The van der Waals surface area contributed by atoms with Crippen LogP contribution in [0.3, 0.4) is 0 Å². The molecule has 110 valence electrons. The zero-order valence-electron chi connectivity index (χ0n) is 12.3. The molecule has 0 aromatic heterocycles. The molecule has 0 radical (unpaired) electrons. The topological polar surface area (TPSA) is 42.8 Å². The van der Waals surface area contributed by atoms with E-state index in [1.54, 1.807) is 12.0 Å². The molecule has 4 nitrogen and oxygen atoms in total. The molecule has 1 aliphatic heterocycles. The highest BCUT2D eigenvalue weighted by Crippen LogP contribution is 2.22. The van der Waals surface area contributed by atoms with E-state index in [0.717, 1.165) is 12.2 Å². The second-order valence-corrected chi connectivity index (χ2v) is 5.41. The summed E-state index contributed by atoms with van der Waals surface area (Å²) in [4.78, 5) is 13.6. The van der Waals surface area contributed by atoms with Gasteiger partial charge in [-0.3, -0.25) is 4.79 Å². The number of amides is 1. The Kier molecular flexibility index (Phi) is 5.87. The number of methoxy groups -OCH3 is 1. The van der Waals surface area contributed by atoms with Crippen molar-refractivity contribution in [3.8, 4) is 5.75 Å². The van der Waals surface area contributed by atoms with E-state index in [2.05, 4.69) is 5.32 Å². The van der Waals surface area contributed by atoms with Crippen LogP contribution < -0.4 is 15.0 Å². The van der Waals surface area contributed by atoms with Crippen LogP contribution in [-0.4, -0.2) is 32.7 Å². The predicted molar refractivity (Wildman–Crippen MR) is 80.3 cm³/mol. The van der Waals surface area contributed by atoms with E-state index in [4.69, 9.17) is 4.74 Å². The molecule has 1 fully saturated rings. The van der Waals surface area contributed by atoms with Gasteiger partial charge in [-0.2, -0.15) is 0 Å². The largest absolute Gasteiger partial charge is 0.495 e. The maximum absolute atomic E-state index is 12.0. The smallest absolute Gasteiger partial charge is 0.230 e. The number of carbonyl (C=O) groups is 1. The minimum atomic E-state index is 0.0752. The summed E-state index contributed by atoms with van der Waals surface area (Å²) in [7, 11) is 1.62. The molecular formula is C16H25N2O2+. The Labute approximate surface area is 121 Å². The molecular weight excluding hydrogens is 252 g/mol. The summed E-state index contributed by atoms with van der Waals surface area (Å²) >= 11 is 0. The average Bonchev–Trinajstić information content (AvgIpc) is 2.74. The first-order valence-corrected chi connectivity index (χ1v) is 7.56. The molecule has 0 spiro atoms. The van der Waals surface area contributed by atoms with Crippen molar-refractivity contribution >= 4 is 11.6 Å². The number of hydrogen-bond donors (Lipinski definition) is 2. The molecule has 20 heavy (non-hydrogen) atoms. The van der Waals surface area contributed by atoms with Crippen molar-refractivity contribution in [2.75, 3.05) is 32.1 Å². The molecule has 1 aromatic carbocycles. The molecule has 1 saturated heterocycles. The fourth-order valence-electron chi connectivity index (χ4n) is 2.73. The second-order valence-electron chi connectivity index (χ2n) is 5.41. The lowest BCUT2D eigenvalue weighted by Gasteiger charge is -2.16. The standard InChI is InChI=1S/C16H24N2O2/c1-20-15-9-5-4-8-14(15)17-16(19)10-13-18-11-6-2-3-7-12-18/h4-5,8-9H,2-3,6-7,10-13H2,1H3,(H,17,19)/p+1. The van der Waals surface area contributed by atoms with E-state index < -0.39 is 0 Å². The zero-order valence-corrected chi connectivity index (χ0v) is 12.3. The van der Waals surface area contributed by atoms with Gasteiger partial charge in [-0.25, -0.2) is 0 Å². The summed E-state index contributed by atoms with van der Waals surface area (Å²) in [6.07, 6.45) is 5.86. The number of benzene rings is 1. The first-order valence-electron chi connectivity index (χ1n) is 7.56. The predicted octanol–water partition coefficient (Wildman–Crippen LogP) is 1.48. The van der Waals surface area contributed by atoms with Crippen LogP contribution in [-0.2, 0) is 4.79 Å². The van der Waals surface area contributed by atoms with Crippen LogP contribution in [0.1, 0.15) is 32.1 Å². The number of rotatable bonds is 5. The van der Waals surface area contributed by atoms with Crippen LogP contribution >= 0.6 is 0 Å². The number of likely N-dealkylation sites (tertiary alicyclic amines) is 1. The van der Waals surface area contributed by atoms with E-state index >= 15 is 0 Å². The molecule has 0 bridgehead atoms. The van der Waals surface area contributed by atoms with Crippen LogP contribution in [0.5, 0.6) is 5.75 Å². The molecule has 1 aliphatic rings. The van der Waals surface area contributed by atoms with Gasteiger partial charge in [0.1, 0.15) is 5.75 Å². The molecule has 1 amide bonds. The number of quaternary nitrogens is 1. The molecule has 0 aliphatic carbocycles. The SMILES string of the molecule is COc1ccccc1NC(=O)CC[NH+]1CCCCCC1. The van der Waals surface area contributed by atoms with Crippen molar-refractivity contribution in [3.63, 3.8) is 0 Å². The number of ether oxygens (including phenoxy) is 1. The maximum atomic E-state index is 12.0. The molecule has 2 N–H and O–H groups in total. The van der Waals surface area contributed by atoms with Gasteiger partial charge < -0.3 is 15.0 Å². The molecule has 1 heterocycles. The van der Waals surface area contributed by atoms with Crippen molar-refractivity contribution < 1.29 is 14.4 Å². The van der Waals surface area contributed by atoms with Crippen molar-refractivity contribution in [2.24, 2.45) is 0 Å². The third-order valence-electron chi connectivity index (χ3n) is 3.90. The molecule has 4 heteroatoms. The highest BCUT2D eigenvalue weighted by molar-refractivity contribution is 5.92. The Morgan fingerprint density at radius 1 is 1.20 bits per heavy atom. The molecule has 2 rings (SSSR count). The summed E-state index contributed by atoms with van der Waals surface area (Å²) in [5.74, 6) is 0.786. The van der Waals surface area contributed by atoms with Crippen LogP contribution in [0.25, 0.3) is 0 Å². The van der Waals surface area contributed by atoms with E-state index in [9.17, 15) is 4.79 Å². The molecule has 0 unspecified atom stereocenters.